The molecule has 3 rings (SSSR count). The second-order valence-corrected chi connectivity index (χ2v) is 11.7. The Morgan fingerprint density at radius 2 is 1.88 bits per heavy atom. The average molecular weight is 574 g/mol. The summed E-state index contributed by atoms with van der Waals surface area (Å²) in [5, 5.41) is 6.18. The van der Waals surface area contributed by atoms with Gasteiger partial charge in [-0.1, -0.05) is 52.5 Å². The standard InChI is InChI=1S/C17H26FN3O.C15H23FN2O/c1-2-4-13-6-8-15(9-7-13)20-17(22)16(19)12-21-10-3-5-14(18)11-21;1-10(2)6-5-7-11(3)18-15-14(12(4)19)8-13(16)9-17-15/h3,5,11-13,15H,2,4,6-10,19H2,1H3,(H,20,22);8-11H,5-7H2,1-4H3,(H,17,18)/b16-12-;. The van der Waals surface area contributed by atoms with E-state index >= 15 is 0 Å². The molecule has 1 atom stereocenters. The molecule has 2 aliphatic rings. The largest absolute Gasteiger partial charge is 0.393 e. The first kappa shape index (κ1) is 34.0. The van der Waals surface area contributed by atoms with Gasteiger partial charge in [0, 0.05) is 31.0 Å². The minimum atomic E-state index is -0.483. The van der Waals surface area contributed by atoms with Gasteiger partial charge < -0.3 is 21.3 Å². The van der Waals surface area contributed by atoms with Crippen LogP contribution >= 0.6 is 0 Å². The summed E-state index contributed by atoms with van der Waals surface area (Å²) in [5.74, 6) is 0.716. The molecule has 1 fully saturated rings. The number of ketones is 1. The normalized spacial score (nSPS) is 19.7. The molecule has 4 N–H and O–H groups in total. The highest BCUT2D eigenvalue weighted by molar-refractivity contribution is 5.98. The van der Waals surface area contributed by atoms with Crippen LogP contribution in [-0.2, 0) is 4.79 Å². The fraction of sp³-hybridized carbons (Fsp3) is 0.594. The number of amides is 1. The van der Waals surface area contributed by atoms with E-state index in [1.807, 2.05) is 0 Å². The second kappa shape index (κ2) is 17.6. The molecule has 228 valence electrons. The zero-order chi connectivity index (χ0) is 30.4. The van der Waals surface area contributed by atoms with Gasteiger partial charge in [0.15, 0.2) is 5.78 Å². The number of hydrogen-bond acceptors (Lipinski definition) is 6. The molecule has 0 radical (unpaired) electrons. The molecule has 1 saturated carbocycles. The number of hydrogen-bond donors (Lipinski definition) is 3. The van der Waals surface area contributed by atoms with Crippen molar-refractivity contribution in [3.63, 3.8) is 0 Å². The van der Waals surface area contributed by atoms with E-state index < -0.39 is 5.82 Å². The molecular formula is C32H49F2N5O2. The fourth-order valence-electron chi connectivity index (χ4n) is 5.10. The van der Waals surface area contributed by atoms with E-state index in [2.05, 4.69) is 43.3 Å². The van der Waals surface area contributed by atoms with Crippen molar-refractivity contribution in [3.8, 4) is 0 Å². The molecule has 1 aromatic rings. The SMILES string of the molecule is CC(=O)c1cc(F)cnc1NC(C)CCCC(C)C.CCCC1CCC(NC(=O)/C(N)=C/N2C=C(F)C=CC2)CC1. The van der Waals surface area contributed by atoms with Gasteiger partial charge in [0.25, 0.3) is 5.91 Å². The monoisotopic (exact) mass is 573 g/mol. The van der Waals surface area contributed by atoms with Gasteiger partial charge in [-0.15, -0.1) is 0 Å². The third kappa shape index (κ3) is 12.9. The number of carbonyl (C=O) groups excluding carboxylic acids is 2. The van der Waals surface area contributed by atoms with Crippen molar-refractivity contribution in [1.82, 2.24) is 15.2 Å². The fourth-order valence-corrected chi connectivity index (χ4v) is 5.10. The van der Waals surface area contributed by atoms with Gasteiger partial charge >= 0.3 is 0 Å². The van der Waals surface area contributed by atoms with Crippen molar-refractivity contribution >= 4 is 17.5 Å². The molecule has 1 amide bonds. The third-order valence-corrected chi connectivity index (χ3v) is 7.36. The topological polar surface area (TPSA) is 100 Å². The molecule has 41 heavy (non-hydrogen) atoms. The number of pyridine rings is 1. The van der Waals surface area contributed by atoms with Gasteiger partial charge in [-0.2, -0.15) is 0 Å². The summed E-state index contributed by atoms with van der Waals surface area (Å²) < 4.78 is 26.2. The highest BCUT2D eigenvalue weighted by atomic mass is 19.1. The summed E-state index contributed by atoms with van der Waals surface area (Å²) in [5.41, 5.74) is 6.25. The van der Waals surface area contributed by atoms with Crippen LogP contribution in [0.15, 0.2) is 48.3 Å². The number of rotatable bonds is 12. The predicted molar refractivity (Wildman–Crippen MR) is 162 cm³/mol. The maximum atomic E-state index is 13.1. The van der Waals surface area contributed by atoms with Crippen molar-refractivity contribution in [2.45, 2.75) is 104 Å². The summed E-state index contributed by atoms with van der Waals surface area (Å²) in [7, 11) is 0. The maximum absolute atomic E-state index is 13.1. The lowest BCUT2D eigenvalue weighted by Gasteiger charge is -2.29. The first-order chi connectivity index (χ1) is 19.5. The van der Waals surface area contributed by atoms with Crippen molar-refractivity contribution in [2.24, 2.45) is 17.6 Å². The lowest BCUT2D eigenvalue weighted by atomic mass is 9.83. The Morgan fingerprint density at radius 3 is 2.49 bits per heavy atom. The van der Waals surface area contributed by atoms with Gasteiger partial charge in [-0.3, -0.25) is 9.59 Å². The van der Waals surface area contributed by atoms with E-state index in [9.17, 15) is 18.4 Å². The Labute approximate surface area is 244 Å². The molecule has 1 aromatic heterocycles. The second-order valence-electron chi connectivity index (χ2n) is 11.7. The van der Waals surface area contributed by atoms with E-state index in [0.717, 1.165) is 37.8 Å². The summed E-state index contributed by atoms with van der Waals surface area (Å²) in [6, 6.07) is 1.66. The van der Waals surface area contributed by atoms with E-state index in [1.54, 1.807) is 11.0 Å². The van der Waals surface area contributed by atoms with Crippen molar-refractivity contribution in [3.05, 3.63) is 59.7 Å². The van der Waals surface area contributed by atoms with Crippen LogP contribution in [0, 0.1) is 17.7 Å². The number of anilines is 1. The number of Topliss-reactive ketones (excluding diaryl/α,β-unsaturated/α-hetero) is 1. The predicted octanol–water partition coefficient (Wildman–Crippen LogP) is 6.99. The van der Waals surface area contributed by atoms with Crippen LogP contribution < -0.4 is 16.4 Å². The molecule has 0 bridgehead atoms. The molecule has 2 heterocycles. The van der Waals surface area contributed by atoms with Gasteiger partial charge in [0.2, 0.25) is 0 Å². The molecular weight excluding hydrogens is 524 g/mol. The van der Waals surface area contributed by atoms with E-state index in [0.29, 0.717) is 23.8 Å². The van der Waals surface area contributed by atoms with E-state index in [1.165, 1.54) is 63.6 Å². The third-order valence-electron chi connectivity index (χ3n) is 7.36. The Hall–Kier alpha value is -3.23. The van der Waals surface area contributed by atoms with Crippen LogP contribution in [0.25, 0.3) is 0 Å². The zero-order valence-electron chi connectivity index (χ0n) is 25.4. The van der Waals surface area contributed by atoms with Crippen molar-refractivity contribution in [1.29, 1.82) is 0 Å². The summed E-state index contributed by atoms with van der Waals surface area (Å²) >= 11 is 0. The number of nitrogens with two attached hydrogens (primary N) is 1. The smallest absolute Gasteiger partial charge is 0.268 e. The molecule has 0 aromatic carbocycles. The van der Waals surface area contributed by atoms with Crippen LogP contribution in [-0.4, -0.2) is 40.2 Å². The molecule has 1 aliphatic heterocycles. The number of aromatic nitrogens is 1. The lowest BCUT2D eigenvalue weighted by molar-refractivity contribution is -0.118. The van der Waals surface area contributed by atoms with Gasteiger partial charge in [-0.25, -0.2) is 13.8 Å². The van der Waals surface area contributed by atoms with E-state index in [4.69, 9.17) is 5.73 Å². The van der Waals surface area contributed by atoms with Crippen molar-refractivity contribution in [2.75, 3.05) is 11.9 Å². The molecule has 0 saturated heterocycles. The number of carbonyl (C=O) groups is 2. The Balaban J connectivity index is 0.000000290. The minimum Gasteiger partial charge on any atom is -0.393 e. The van der Waals surface area contributed by atoms with Crippen LogP contribution in [0.4, 0.5) is 14.6 Å². The van der Waals surface area contributed by atoms with Crippen LogP contribution in [0.5, 0.6) is 0 Å². The van der Waals surface area contributed by atoms with Crippen LogP contribution in [0.3, 0.4) is 0 Å². The Kier molecular flexibility index (Phi) is 14.5. The van der Waals surface area contributed by atoms with E-state index in [-0.39, 0.29) is 35.3 Å². The molecule has 0 spiro atoms. The molecule has 9 heteroatoms. The first-order valence-corrected chi connectivity index (χ1v) is 15.0. The highest BCUT2D eigenvalue weighted by Crippen LogP contribution is 2.27. The Morgan fingerprint density at radius 1 is 1.17 bits per heavy atom. The van der Waals surface area contributed by atoms with Gasteiger partial charge in [0.1, 0.15) is 23.2 Å². The Bertz CT molecular complexity index is 1080. The maximum Gasteiger partial charge on any atom is 0.268 e. The number of halogens is 2. The first-order valence-electron chi connectivity index (χ1n) is 15.0. The lowest BCUT2D eigenvalue weighted by Crippen LogP contribution is -2.40. The molecule has 1 aliphatic carbocycles. The molecule has 1 unspecified atom stereocenters. The number of nitrogens with zero attached hydrogens (tertiary/aromatic N) is 2. The van der Waals surface area contributed by atoms with Crippen LogP contribution in [0.2, 0.25) is 0 Å². The number of allylic oxidation sites excluding steroid dienone is 2. The number of nitrogens with one attached hydrogen (secondary N) is 2. The summed E-state index contributed by atoms with van der Waals surface area (Å²) in [4.78, 5) is 29.1. The van der Waals surface area contributed by atoms with Crippen molar-refractivity contribution < 1.29 is 18.4 Å². The minimum absolute atomic E-state index is 0.120. The highest BCUT2D eigenvalue weighted by Gasteiger charge is 2.22. The molecule has 7 nitrogen and oxygen atoms in total. The zero-order valence-corrected chi connectivity index (χ0v) is 25.4. The quantitative estimate of drug-likeness (QED) is 0.184. The average Bonchev–Trinajstić information content (AvgIpc) is 2.91. The van der Waals surface area contributed by atoms with Crippen LogP contribution in [0.1, 0.15) is 103 Å². The summed E-state index contributed by atoms with van der Waals surface area (Å²) in [6.45, 7) is 10.6. The van der Waals surface area contributed by atoms with Gasteiger partial charge in [-0.05, 0) is 69.9 Å². The summed E-state index contributed by atoms with van der Waals surface area (Å²) in [6.07, 6.45) is 17.2. The van der Waals surface area contributed by atoms with Gasteiger partial charge in [0.05, 0.1) is 11.8 Å².